The predicted molar refractivity (Wildman–Crippen MR) is 112 cm³/mol. The highest BCUT2D eigenvalue weighted by atomic mass is 16.5. The van der Waals surface area contributed by atoms with E-state index in [1.807, 2.05) is 0 Å². The summed E-state index contributed by atoms with van der Waals surface area (Å²) in [5.41, 5.74) is 0.930. The number of aliphatic carboxylic acids is 2. The number of hydrogen-bond donors (Lipinski definition) is 2. The van der Waals surface area contributed by atoms with Gasteiger partial charge in [-0.2, -0.15) is 0 Å². The molecule has 0 heterocycles. The first-order valence-electron chi connectivity index (χ1n) is 10.6. The van der Waals surface area contributed by atoms with Gasteiger partial charge in [0.1, 0.15) is 12.0 Å². The standard InChI is InChI=1S/C23H34O6/c1-2-3-4-5-6-7-8-9-10-11-12-29-23-19(15-21(25)26)13-18(17-24)14-20(23)16-22(27)28/h13-14,17H,2-12,15-16H2,1H3,(H,25,26)(H,27,28). The van der Waals surface area contributed by atoms with Gasteiger partial charge < -0.3 is 14.9 Å². The Kier molecular flexibility index (Phi) is 12.4. The predicted octanol–water partition coefficient (Wildman–Crippen LogP) is 5.05. The average molecular weight is 407 g/mol. The van der Waals surface area contributed by atoms with Crippen molar-refractivity contribution in [3.05, 3.63) is 28.8 Å². The van der Waals surface area contributed by atoms with Gasteiger partial charge in [-0.1, -0.05) is 64.7 Å². The molecule has 0 aliphatic rings. The maximum atomic E-state index is 11.2. The number of carbonyl (C=O) groups excluding carboxylic acids is 1. The number of hydrogen-bond acceptors (Lipinski definition) is 4. The lowest BCUT2D eigenvalue weighted by atomic mass is 10.00. The highest BCUT2D eigenvalue weighted by Gasteiger charge is 2.17. The number of carbonyl (C=O) groups is 3. The molecule has 0 aliphatic carbocycles. The van der Waals surface area contributed by atoms with Crippen LogP contribution in [-0.2, 0) is 22.4 Å². The van der Waals surface area contributed by atoms with Crippen LogP contribution in [0.15, 0.2) is 12.1 Å². The molecular formula is C23H34O6. The topological polar surface area (TPSA) is 101 Å². The molecule has 0 saturated carbocycles. The average Bonchev–Trinajstić information content (AvgIpc) is 2.66. The number of carboxylic acid groups (broad SMARTS) is 2. The largest absolute Gasteiger partial charge is 0.493 e. The van der Waals surface area contributed by atoms with E-state index in [1.165, 1.54) is 57.1 Å². The summed E-state index contributed by atoms with van der Waals surface area (Å²) in [7, 11) is 0. The van der Waals surface area contributed by atoms with Crippen molar-refractivity contribution in [3.63, 3.8) is 0 Å². The van der Waals surface area contributed by atoms with Gasteiger partial charge in [0.2, 0.25) is 0 Å². The SMILES string of the molecule is CCCCCCCCCCCCOc1c(CC(=O)O)cc(C=O)cc1CC(=O)O. The van der Waals surface area contributed by atoms with Crippen LogP contribution < -0.4 is 4.74 Å². The van der Waals surface area contributed by atoms with Gasteiger partial charge in [0.25, 0.3) is 0 Å². The van der Waals surface area contributed by atoms with Crippen LogP contribution >= 0.6 is 0 Å². The van der Waals surface area contributed by atoms with Crippen molar-refractivity contribution in [2.45, 2.75) is 84.0 Å². The molecule has 0 aliphatic heterocycles. The molecule has 0 atom stereocenters. The van der Waals surface area contributed by atoms with Crippen molar-refractivity contribution < 1.29 is 29.3 Å². The Bertz CT molecular complexity index is 616. The fourth-order valence-corrected chi connectivity index (χ4v) is 3.39. The third-order valence-electron chi connectivity index (χ3n) is 4.83. The summed E-state index contributed by atoms with van der Waals surface area (Å²) < 4.78 is 5.80. The zero-order valence-electron chi connectivity index (χ0n) is 17.5. The van der Waals surface area contributed by atoms with Gasteiger partial charge >= 0.3 is 11.9 Å². The van der Waals surface area contributed by atoms with E-state index in [4.69, 9.17) is 14.9 Å². The first-order valence-corrected chi connectivity index (χ1v) is 10.6. The molecule has 1 aromatic rings. The fraction of sp³-hybridized carbons (Fsp3) is 0.609. The zero-order chi connectivity index (χ0) is 21.5. The Balaban J connectivity index is 2.53. The molecule has 0 amide bonds. The van der Waals surface area contributed by atoms with Crippen LogP contribution in [0.5, 0.6) is 5.75 Å². The number of carboxylic acids is 2. The van der Waals surface area contributed by atoms with Crippen LogP contribution in [0, 0.1) is 0 Å². The summed E-state index contributed by atoms with van der Waals surface area (Å²) in [6.45, 7) is 2.62. The molecule has 1 aromatic carbocycles. The lowest BCUT2D eigenvalue weighted by molar-refractivity contribution is -0.137. The smallest absolute Gasteiger partial charge is 0.307 e. The number of benzene rings is 1. The van der Waals surface area contributed by atoms with Gasteiger partial charge in [0.15, 0.2) is 0 Å². The summed E-state index contributed by atoms with van der Waals surface area (Å²) in [5, 5.41) is 18.3. The molecule has 0 radical (unpaired) electrons. The molecule has 0 unspecified atom stereocenters. The van der Waals surface area contributed by atoms with Crippen molar-refractivity contribution in [1.82, 2.24) is 0 Å². The van der Waals surface area contributed by atoms with E-state index < -0.39 is 11.9 Å². The Hall–Kier alpha value is -2.37. The molecule has 0 bridgehead atoms. The molecule has 0 spiro atoms. The summed E-state index contributed by atoms with van der Waals surface area (Å²) in [6.07, 6.45) is 11.9. The quantitative estimate of drug-likeness (QED) is 0.277. The Labute approximate surface area is 173 Å². The van der Waals surface area contributed by atoms with Gasteiger partial charge in [0, 0.05) is 16.7 Å². The summed E-state index contributed by atoms with van der Waals surface area (Å²) >= 11 is 0. The molecule has 0 fully saturated rings. The van der Waals surface area contributed by atoms with Gasteiger partial charge in [-0.05, 0) is 18.6 Å². The monoisotopic (exact) mass is 406 g/mol. The minimum atomic E-state index is -1.06. The van der Waals surface area contributed by atoms with Crippen LogP contribution in [0.1, 0.15) is 92.6 Å². The van der Waals surface area contributed by atoms with Crippen LogP contribution in [0.2, 0.25) is 0 Å². The Morgan fingerprint density at radius 3 is 1.69 bits per heavy atom. The molecule has 0 aromatic heterocycles. The highest BCUT2D eigenvalue weighted by molar-refractivity contribution is 5.81. The van der Waals surface area contributed by atoms with Crippen LogP contribution in [0.3, 0.4) is 0 Å². The highest BCUT2D eigenvalue weighted by Crippen LogP contribution is 2.28. The van der Waals surface area contributed by atoms with Crippen LogP contribution in [-0.4, -0.2) is 35.0 Å². The first kappa shape index (κ1) is 24.7. The van der Waals surface area contributed by atoms with Crippen LogP contribution in [0.4, 0.5) is 0 Å². The second kappa shape index (κ2) is 14.6. The third-order valence-corrected chi connectivity index (χ3v) is 4.83. The molecule has 1 rings (SSSR count). The number of ether oxygens (including phenoxy) is 1. The Morgan fingerprint density at radius 2 is 1.28 bits per heavy atom. The molecule has 6 heteroatoms. The van der Waals surface area contributed by atoms with E-state index in [0.29, 0.717) is 24.0 Å². The van der Waals surface area contributed by atoms with E-state index in [9.17, 15) is 14.4 Å². The summed E-state index contributed by atoms with van der Waals surface area (Å²) in [5.74, 6) is -1.83. The van der Waals surface area contributed by atoms with Crippen molar-refractivity contribution in [3.8, 4) is 5.75 Å². The molecule has 29 heavy (non-hydrogen) atoms. The van der Waals surface area contributed by atoms with E-state index >= 15 is 0 Å². The van der Waals surface area contributed by atoms with Gasteiger partial charge in [0.05, 0.1) is 19.4 Å². The van der Waals surface area contributed by atoms with Crippen molar-refractivity contribution in [2.75, 3.05) is 6.61 Å². The van der Waals surface area contributed by atoms with E-state index in [-0.39, 0.29) is 24.2 Å². The van der Waals surface area contributed by atoms with E-state index in [2.05, 4.69) is 6.92 Å². The lowest BCUT2D eigenvalue weighted by Crippen LogP contribution is -2.11. The second-order valence-electron chi connectivity index (χ2n) is 7.46. The van der Waals surface area contributed by atoms with E-state index in [0.717, 1.165) is 19.3 Å². The van der Waals surface area contributed by atoms with Crippen LogP contribution in [0.25, 0.3) is 0 Å². The fourth-order valence-electron chi connectivity index (χ4n) is 3.39. The number of rotatable bonds is 17. The minimum absolute atomic E-state index is 0.254. The van der Waals surface area contributed by atoms with Gasteiger partial charge in [-0.25, -0.2) is 0 Å². The first-order chi connectivity index (χ1) is 14.0. The third kappa shape index (κ3) is 10.7. The van der Waals surface area contributed by atoms with Crippen molar-refractivity contribution >= 4 is 18.2 Å². The van der Waals surface area contributed by atoms with Crippen molar-refractivity contribution in [1.29, 1.82) is 0 Å². The summed E-state index contributed by atoms with van der Waals surface area (Å²) in [6, 6.07) is 2.92. The normalized spacial score (nSPS) is 10.7. The molecular weight excluding hydrogens is 372 g/mol. The molecule has 162 valence electrons. The maximum absolute atomic E-state index is 11.2. The number of unbranched alkanes of at least 4 members (excludes halogenated alkanes) is 9. The van der Waals surface area contributed by atoms with Crippen molar-refractivity contribution in [2.24, 2.45) is 0 Å². The molecule has 2 N–H and O–H groups in total. The molecule has 6 nitrogen and oxygen atoms in total. The van der Waals surface area contributed by atoms with Gasteiger partial charge in [-0.15, -0.1) is 0 Å². The second-order valence-corrected chi connectivity index (χ2v) is 7.46. The Morgan fingerprint density at radius 1 is 0.828 bits per heavy atom. The number of aldehydes is 1. The van der Waals surface area contributed by atoms with Gasteiger partial charge in [-0.3, -0.25) is 14.4 Å². The minimum Gasteiger partial charge on any atom is -0.493 e. The zero-order valence-corrected chi connectivity index (χ0v) is 17.5. The van der Waals surface area contributed by atoms with E-state index in [1.54, 1.807) is 0 Å². The summed E-state index contributed by atoms with van der Waals surface area (Å²) in [4.78, 5) is 33.4. The lowest BCUT2D eigenvalue weighted by Gasteiger charge is -2.15. The maximum Gasteiger partial charge on any atom is 0.307 e. The molecule has 0 saturated heterocycles.